The van der Waals surface area contributed by atoms with Crippen LogP contribution in [0.2, 0.25) is 0 Å². The van der Waals surface area contributed by atoms with Crippen molar-refractivity contribution in [3.05, 3.63) is 147 Å². The van der Waals surface area contributed by atoms with E-state index in [1.54, 1.807) is 44.6 Å². The number of rotatable bonds is 14. The summed E-state index contributed by atoms with van der Waals surface area (Å²) in [5.41, 5.74) is 1.03. The molecule has 1 atom stereocenters. The predicted molar refractivity (Wildman–Crippen MR) is 182 cm³/mol. The standard InChI is InChI=1S/C38H35F3N4O5/c1-44(2)35(47)15-6-5-13-32(43-37(48)29-11-3-4-12-30(29)40)33(46)20-25-10-8-18-45(38(25)49)22-28-19-24-9-7-14-34(36(24)42-28)50-23-26-16-17-27(39)21-31(26)41/h3-4,6-12,14-19,21,32,42H,5,13,20,22-23H2,1-2H3,(H,43,48)/b15-6+/t32-/m0/s1. The fourth-order valence-corrected chi connectivity index (χ4v) is 5.32. The molecule has 0 fully saturated rings. The molecule has 2 aromatic heterocycles. The number of aromatic nitrogens is 2. The Morgan fingerprint density at radius 3 is 2.50 bits per heavy atom. The van der Waals surface area contributed by atoms with Crippen LogP contribution in [0.4, 0.5) is 13.2 Å². The number of nitrogens with one attached hydrogen (secondary N) is 2. The van der Waals surface area contributed by atoms with Crippen LogP contribution in [-0.2, 0) is 29.2 Å². The van der Waals surface area contributed by atoms with Crippen LogP contribution in [0.1, 0.15) is 40.0 Å². The second-order valence-electron chi connectivity index (χ2n) is 11.9. The van der Waals surface area contributed by atoms with E-state index in [0.29, 0.717) is 17.0 Å². The highest BCUT2D eigenvalue weighted by atomic mass is 19.1. The minimum atomic E-state index is -1.07. The van der Waals surface area contributed by atoms with Gasteiger partial charge in [0.2, 0.25) is 5.91 Å². The predicted octanol–water partition coefficient (Wildman–Crippen LogP) is 5.71. The van der Waals surface area contributed by atoms with E-state index in [2.05, 4.69) is 10.3 Å². The lowest BCUT2D eigenvalue weighted by molar-refractivity contribution is -0.123. The van der Waals surface area contributed by atoms with Crippen LogP contribution in [0.15, 0.2) is 102 Å². The molecule has 0 aliphatic carbocycles. The maximum atomic E-state index is 14.3. The maximum Gasteiger partial charge on any atom is 0.254 e. The number of carbonyl (C=O) groups is 3. The van der Waals surface area contributed by atoms with Crippen LogP contribution in [0, 0.1) is 17.5 Å². The van der Waals surface area contributed by atoms with Crippen LogP contribution in [0.5, 0.6) is 5.75 Å². The van der Waals surface area contributed by atoms with Crippen molar-refractivity contribution in [1.29, 1.82) is 0 Å². The first-order valence-electron chi connectivity index (χ1n) is 15.8. The normalized spacial score (nSPS) is 11.9. The summed E-state index contributed by atoms with van der Waals surface area (Å²) in [4.78, 5) is 56.6. The van der Waals surface area contributed by atoms with Gasteiger partial charge in [0, 0.05) is 55.0 Å². The number of para-hydroxylation sites is 1. The third kappa shape index (κ3) is 8.76. The van der Waals surface area contributed by atoms with Gasteiger partial charge in [0.05, 0.1) is 23.7 Å². The number of H-pyrrole nitrogens is 1. The Labute approximate surface area is 286 Å². The Bertz CT molecular complexity index is 2120. The van der Waals surface area contributed by atoms with Crippen molar-refractivity contribution in [2.75, 3.05) is 14.1 Å². The fourth-order valence-electron chi connectivity index (χ4n) is 5.32. The molecule has 5 rings (SSSR count). The van der Waals surface area contributed by atoms with Gasteiger partial charge in [0.1, 0.15) is 29.8 Å². The minimum Gasteiger partial charge on any atom is -0.487 e. The molecule has 5 aromatic rings. The quantitative estimate of drug-likeness (QED) is 0.146. The van der Waals surface area contributed by atoms with Crippen molar-refractivity contribution in [3.63, 3.8) is 0 Å². The van der Waals surface area contributed by atoms with Gasteiger partial charge in [-0.1, -0.05) is 36.4 Å². The smallest absolute Gasteiger partial charge is 0.254 e. The Balaban J connectivity index is 1.31. The van der Waals surface area contributed by atoms with Crippen molar-refractivity contribution in [2.45, 2.75) is 38.5 Å². The van der Waals surface area contributed by atoms with Gasteiger partial charge in [-0.05, 0) is 61.4 Å². The highest BCUT2D eigenvalue weighted by Gasteiger charge is 2.24. The number of allylic oxidation sites excluding steroid dienone is 1. The Hall–Kier alpha value is -5.91. The van der Waals surface area contributed by atoms with Gasteiger partial charge in [-0.3, -0.25) is 19.2 Å². The zero-order chi connectivity index (χ0) is 35.8. The van der Waals surface area contributed by atoms with Crippen LogP contribution < -0.4 is 15.6 Å². The molecule has 0 spiro atoms. The van der Waals surface area contributed by atoms with E-state index >= 15 is 0 Å². The Kier molecular flexibility index (Phi) is 11.3. The summed E-state index contributed by atoms with van der Waals surface area (Å²) in [6, 6.07) is 18.0. The summed E-state index contributed by atoms with van der Waals surface area (Å²) < 4.78 is 49.1. The molecule has 3 aromatic carbocycles. The second kappa shape index (κ2) is 16.0. The van der Waals surface area contributed by atoms with E-state index in [4.69, 9.17) is 4.74 Å². The highest BCUT2D eigenvalue weighted by Crippen LogP contribution is 2.27. The first kappa shape index (κ1) is 35.4. The fraction of sp³-hybridized carbons (Fsp3) is 0.211. The summed E-state index contributed by atoms with van der Waals surface area (Å²) in [7, 11) is 3.21. The molecular weight excluding hydrogens is 649 g/mol. The van der Waals surface area contributed by atoms with E-state index in [1.165, 1.54) is 45.9 Å². The Morgan fingerprint density at radius 2 is 1.74 bits per heavy atom. The molecule has 12 heteroatoms. The van der Waals surface area contributed by atoms with Crippen LogP contribution in [-0.4, -0.2) is 52.2 Å². The zero-order valence-corrected chi connectivity index (χ0v) is 27.4. The Morgan fingerprint density at radius 1 is 0.940 bits per heavy atom. The van der Waals surface area contributed by atoms with E-state index in [9.17, 15) is 32.3 Å². The molecule has 0 saturated carbocycles. The van der Waals surface area contributed by atoms with Crippen molar-refractivity contribution in [2.24, 2.45) is 0 Å². The number of amides is 2. The molecule has 9 nitrogen and oxygen atoms in total. The number of benzene rings is 3. The van der Waals surface area contributed by atoms with Gasteiger partial charge in [0.15, 0.2) is 5.78 Å². The third-order valence-corrected chi connectivity index (χ3v) is 8.01. The summed E-state index contributed by atoms with van der Waals surface area (Å²) in [6.07, 6.45) is 4.61. The first-order chi connectivity index (χ1) is 24.0. The second-order valence-corrected chi connectivity index (χ2v) is 11.9. The maximum absolute atomic E-state index is 14.3. The van der Waals surface area contributed by atoms with Gasteiger partial charge >= 0.3 is 0 Å². The number of carbonyl (C=O) groups excluding carboxylic acids is 3. The van der Waals surface area contributed by atoms with Gasteiger partial charge in [-0.25, -0.2) is 13.2 Å². The number of hydrogen-bond acceptors (Lipinski definition) is 5. The number of Topliss-reactive ketones (excluding diaryl/α,β-unsaturated/α-hetero) is 1. The first-order valence-corrected chi connectivity index (χ1v) is 15.8. The summed E-state index contributed by atoms with van der Waals surface area (Å²) in [5, 5.41) is 3.39. The molecule has 0 radical (unpaired) electrons. The van der Waals surface area contributed by atoms with E-state index in [1.807, 2.05) is 12.1 Å². The average Bonchev–Trinajstić information content (AvgIpc) is 3.50. The largest absolute Gasteiger partial charge is 0.487 e. The van der Waals surface area contributed by atoms with Gasteiger partial charge in [-0.15, -0.1) is 0 Å². The van der Waals surface area contributed by atoms with Crippen LogP contribution >= 0.6 is 0 Å². The van der Waals surface area contributed by atoms with Gasteiger partial charge < -0.3 is 24.5 Å². The van der Waals surface area contributed by atoms with Gasteiger partial charge in [0.25, 0.3) is 11.5 Å². The number of ketones is 1. The molecule has 2 heterocycles. The number of aromatic amines is 1. The molecule has 258 valence electrons. The van der Waals surface area contributed by atoms with Crippen LogP contribution in [0.3, 0.4) is 0 Å². The molecule has 2 N–H and O–H groups in total. The number of fused-ring (bicyclic) bond motifs is 1. The lowest BCUT2D eigenvalue weighted by Gasteiger charge is -2.18. The van der Waals surface area contributed by atoms with E-state index < -0.39 is 40.7 Å². The molecule has 0 unspecified atom stereocenters. The SMILES string of the molecule is CN(C)C(=O)/C=C/CC[C@H](NC(=O)c1ccccc1F)C(=O)Cc1cccn(Cc2cc3cccc(OCc4ccc(F)cc4F)c3[nH]2)c1=O. The third-order valence-electron chi connectivity index (χ3n) is 8.01. The highest BCUT2D eigenvalue weighted by molar-refractivity contribution is 5.98. The summed E-state index contributed by atoms with van der Waals surface area (Å²) in [5.74, 6) is -3.17. The van der Waals surface area contributed by atoms with Crippen molar-refractivity contribution < 1.29 is 32.3 Å². The van der Waals surface area contributed by atoms with Gasteiger partial charge in [-0.2, -0.15) is 0 Å². The van der Waals surface area contributed by atoms with E-state index in [-0.39, 0.29) is 55.0 Å². The van der Waals surface area contributed by atoms with Crippen molar-refractivity contribution >= 4 is 28.5 Å². The number of ether oxygens (including phenoxy) is 1. The molecule has 0 aliphatic heterocycles. The number of likely N-dealkylation sites (N-methyl/N-ethyl adjacent to an activating group) is 1. The number of nitrogens with zero attached hydrogens (tertiary/aromatic N) is 2. The summed E-state index contributed by atoms with van der Waals surface area (Å²) >= 11 is 0. The molecule has 0 saturated heterocycles. The lowest BCUT2D eigenvalue weighted by Crippen LogP contribution is -2.42. The number of hydrogen-bond donors (Lipinski definition) is 2. The average molecular weight is 685 g/mol. The minimum absolute atomic E-state index is 0.116. The summed E-state index contributed by atoms with van der Waals surface area (Å²) in [6.45, 7) is 0.00106. The number of pyridine rings is 1. The monoisotopic (exact) mass is 684 g/mol. The van der Waals surface area contributed by atoms with E-state index in [0.717, 1.165) is 23.6 Å². The molecule has 50 heavy (non-hydrogen) atoms. The topological polar surface area (TPSA) is 114 Å². The molecule has 2 amide bonds. The molecule has 0 bridgehead atoms. The van der Waals surface area contributed by atoms with Crippen molar-refractivity contribution in [3.8, 4) is 5.75 Å². The van der Waals surface area contributed by atoms with Crippen molar-refractivity contribution in [1.82, 2.24) is 19.8 Å². The molecular formula is C38H35F3N4O5. The zero-order valence-electron chi connectivity index (χ0n) is 27.4. The number of halogens is 3. The molecule has 0 aliphatic rings. The van der Waals surface area contributed by atoms with Crippen LogP contribution in [0.25, 0.3) is 10.9 Å². The lowest BCUT2D eigenvalue weighted by atomic mass is 10.00.